The van der Waals surface area contributed by atoms with E-state index in [9.17, 15) is 0 Å². The monoisotopic (exact) mass is 352 g/mol. The van der Waals surface area contributed by atoms with Crippen molar-refractivity contribution >= 4 is 11.9 Å². The number of nitrogens with zero attached hydrogens (tertiary/aromatic N) is 4. The van der Waals surface area contributed by atoms with Crippen molar-refractivity contribution in [2.24, 2.45) is 0 Å². The molecule has 132 valence electrons. The van der Waals surface area contributed by atoms with Crippen LogP contribution in [0, 0.1) is 5.82 Å². The quantitative estimate of drug-likeness (QED) is 0.740. The number of hydrogen-bond donors (Lipinski definition) is 2. The van der Waals surface area contributed by atoms with Crippen LogP contribution >= 0.6 is 0 Å². The number of nitrogen functional groups attached to an aromatic ring is 2. The van der Waals surface area contributed by atoms with E-state index < -0.39 is 5.82 Å². The summed E-state index contributed by atoms with van der Waals surface area (Å²) in [6, 6.07) is 5.15. The van der Waals surface area contributed by atoms with Gasteiger partial charge in [-0.2, -0.15) is 4.98 Å². The maximum Gasteiger partial charge on any atom is 0.224 e. The molecule has 3 aromatic rings. The summed E-state index contributed by atoms with van der Waals surface area (Å²) in [6.45, 7) is 0. The van der Waals surface area contributed by atoms with E-state index in [-0.39, 0.29) is 29.4 Å². The number of nitrogens with two attached hydrogens (primary N) is 2. The van der Waals surface area contributed by atoms with Crippen LogP contribution in [0.15, 0.2) is 36.8 Å². The number of benzene rings is 1. The van der Waals surface area contributed by atoms with Gasteiger partial charge < -0.3 is 16.2 Å². The summed E-state index contributed by atoms with van der Waals surface area (Å²) in [5.41, 5.74) is 12.8. The van der Waals surface area contributed by atoms with Crippen molar-refractivity contribution < 1.29 is 9.13 Å². The topological polar surface area (TPSA) is 113 Å². The third kappa shape index (κ3) is 3.01. The van der Waals surface area contributed by atoms with Gasteiger partial charge in [-0.25, -0.2) is 19.3 Å². The van der Waals surface area contributed by atoms with E-state index in [1.165, 1.54) is 18.6 Å². The van der Waals surface area contributed by atoms with Gasteiger partial charge in [0, 0.05) is 41.3 Å². The molecular formula is C18H17FN6O. The Morgan fingerprint density at radius 2 is 1.77 bits per heavy atom. The minimum atomic E-state index is -0.486. The van der Waals surface area contributed by atoms with Crippen LogP contribution in [0.25, 0.3) is 11.1 Å². The molecule has 1 aromatic carbocycles. The summed E-state index contributed by atoms with van der Waals surface area (Å²) in [6.07, 6.45) is 7.57. The first-order valence-corrected chi connectivity index (χ1v) is 8.28. The highest BCUT2D eigenvalue weighted by molar-refractivity contribution is 5.66. The molecule has 2 aromatic heterocycles. The van der Waals surface area contributed by atoms with Crippen LogP contribution in [-0.4, -0.2) is 19.9 Å². The largest absolute Gasteiger partial charge is 0.435 e. The van der Waals surface area contributed by atoms with Crippen molar-refractivity contribution in [3.05, 3.63) is 48.2 Å². The Kier molecular flexibility index (Phi) is 4.08. The first kappa shape index (κ1) is 16.2. The summed E-state index contributed by atoms with van der Waals surface area (Å²) < 4.78 is 21.1. The highest BCUT2D eigenvalue weighted by Gasteiger charge is 2.27. The molecule has 8 heteroatoms. The average molecular weight is 352 g/mol. The van der Waals surface area contributed by atoms with E-state index >= 15 is 4.39 Å². The fraction of sp³-hybridized carbons (Fsp3) is 0.222. The summed E-state index contributed by atoms with van der Waals surface area (Å²) in [7, 11) is 0. The van der Waals surface area contributed by atoms with Crippen LogP contribution in [-0.2, 0) is 0 Å². The number of rotatable bonds is 4. The van der Waals surface area contributed by atoms with Gasteiger partial charge in [-0.05, 0) is 18.8 Å². The normalized spacial score (nSPS) is 14.0. The SMILES string of the molecule is Nc1ncc(-c2ccc(C3CCC3)c(Oc3ccnc(N)n3)c2F)cn1. The summed E-state index contributed by atoms with van der Waals surface area (Å²) in [4.78, 5) is 15.7. The highest BCUT2D eigenvalue weighted by Crippen LogP contribution is 2.44. The third-order valence-electron chi connectivity index (χ3n) is 4.51. The lowest BCUT2D eigenvalue weighted by molar-refractivity contribution is 0.378. The van der Waals surface area contributed by atoms with Crippen LogP contribution in [0.2, 0.25) is 0 Å². The van der Waals surface area contributed by atoms with Crippen LogP contribution in [0.3, 0.4) is 0 Å². The molecule has 4 N–H and O–H groups in total. The van der Waals surface area contributed by atoms with Gasteiger partial charge >= 0.3 is 0 Å². The molecule has 0 radical (unpaired) electrons. The Labute approximate surface area is 149 Å². The van der Waals surface area contributed by atoms with E-state index in [0.29, 0.717) is 11.1 Å². The average Bonchev–Trinajstić information content (AvgIpc) is 2.58. The number of hydrogen-bond acceptors (Lipinski definition) is 7. The maximum absolute atomic E-state index is 15.3. The second kappa shape index (κ2) is 6.55. The number of anilines is 2. The van der Waals surface area contributed by atoms with Crippen LogP contribution < -0.4 is 16.2 Å². The van der Waals surface area contributed by atoms with Gasteiger partial charge in [0.2, 0.25) is 17.8 Å². The molecule has 0 unspecified atom stereocenters. The van der Waals surface area contributed by atoms with E-state index in [0.717, 1.165) is 24.8 Å². The first-order valence-electron chi connectivity index (χ1n) is 8.28. The molecule has 0 bridgehead atoms. The van der Waals surface area contributed by atoms with Gasteiger partial charge in [-0.15, -0.1) is 0 Å². The van der Waals surface area contributed by atoms with E-state index in [1.54, 1.807) is 12.1 Å². The fourth-order valence-corrected chi connectivity index (χ4v) is 2.93. The summed E-state index contributed by atoms with van der Waals surface area (Å²) >= 11 is 0. The van der Waals surface area contributed by atoms with Crippen LogP contribution in [0.4, 0.5) is 16.3 Å². The van der Waals surface area contributed by atoms with Crippen LogP contribution in [0.5, 0.6) is 11.6 Å². The Hall–Kier alpha value is -3.29. The molecule has 7 nitrogen and oxygen atoms in total. The van der Waals surface area contributed by atoms with Crippen LogP contribution in [0.1, 0.15) is 30.7 Å². The zero-order chi connectivity index (χ0) is 18.1. The Morgan fingerprint density at radius 3 is 2.42 bits per heavy atom. The van der Waals surface area contributed by atoms with Gasteiger partial charge in [0.05, 0.1) is 0 Å². The van der Waals surface area contributed by atoms with Crippen molar-refractivity contribution in [2.45, 2.75) is 25.2 Å². The Morgan fingerprint density at radius 1 is 1.00 bits per heavy atom. The second-order valence-corrected chi connectivity index (χ2v) is 6.16. The smallest absolute Gasteiger partial charge is 0.224 e. The van der Waals surface area contributed by atoms with E-state index in [4.69, 9.17) is 16.2 Å². The number of halogens is 1. The molecule has 4 rings (SSSR count). The van der Waals surface area contributed by atoms with Crippen molar-refractivity contribution in [3.8, 4) is 22.8 Å². The standard InChI is InChI=1S/C18H17FN6O/c19-15-12(11-8-23-17(20)24-9-11)4-5-13(10-2-1-3-10)16(15)26-14-6-7-22-18(21)25-14/h4-10H,1-3H2,(H2,20,23,24)(H2,21,22,25). The zero-order valence-corrected chi connectivity index (χ0v) is 13.9. The van der Waals surface area contributed by atoms with Crippen molar-refractivity contribution in [3.63, 3.8) is 0 Å². The predicted molar refractivity (Wildman–Crippen MR) is 94.9 cm³/mol. The van der Waals surface area contributed by atoms with Gasteiger partial charge in [-0.3, -0.25) is 0 Å². The molecule has 0 spiro atoms. The van der Waals surface area contributed by atoms with Crippen molar-refractivity contribution in [1.82, 2.24) is 19.9 Å². The molecule has 1 aliphatic rings. The molecule has 2 heterocycles. The molecule has 0 amide bonds. The molecule has 0 atom stereocenters. The Bertz CT molecular complexity index is 943. The summed E-state index contributed by atoms with van der Waals surface area (Å²) in [5, 5.41) is 0. The van der Waals surface area contributed by atoms with Gasteiger partial charge in [0.15, 0.2) is 11.6 Å². The number of ether oxygens (including phenoxy) is 1. The minimum absolute atomic E-state index is 0.0659. The summed E-state index contributed by atoms with van der Waals surface area (Å²) in [5.74, 6) is 0.338. The lowest BCUT2D eigenvalue weighted by atomic mass is 9.79. The minimum Gasteiger partial charge on any atom is -0.435 e. The molecule has 26 heavy (non-hydrogen) atoms. The molecule has 1 saturated carbocycles. The van der Waals surface area contributed by atoms with Gasteiger partial charge in [0.1, 0.15) is 0 Å². The number of aromatic nitrogens is 4. The second-order valence-electron chi connectivity index (χ2n) is 6.16. The third-order valence-corrected chi connectivity index (χ3v) is 4.51. The van der Waals surface area contributed by atoms with E-state index in [1.807, 2.05) is 6.07 Å². The lowest BCUT2D eigenvalue weighted by Gasteiger charge is -2.28. The molecule has 1 aliphatic carbocycles. The van der Waals surface area contributed by atoms with E-state index in [2.05, 4.69) is 19.9 Å². The zero-order valence-electron chi connectivity index (χ0n) is 13.9. The highest BCUT2D eigenvalue weighted by atomic mass is 19.1. The van der Waals surface area contributed by atoms with Gasteiger partial charge in [0.25, 0.3) is 0 Å². The maximum atomic E-state index is 15.3. The molecular weight excluding hydrogens is 335 g/mol. The van der Waals surface area contributed by atoms with Crippen molar-refractivity contribution in [1.29, 1.82) is 0 Å². The predicted octanol–water partition coefficient (Wildman–Crippen LogP) is 3.30. The molecule has 0 aliphatic heterocycles. The fourth-order valence-electron chi connectivity index (χ4n) is 2.93. The van der Waals surface area contributed by atoms with Crippen molar-refractivity contribution in [2.75, 3.05) is 11.5 Å². The molecule has 0 saturated heterocycles. The lowest BCUT2D eigenvalue weighted by Crippen LogP contribution is -2.11. The Balaban J connectivity index is 1.80. The van der Waals surface area contributed by atoms with Gasteiger partial charge in [-0.1, -0.05) is 18.6 Å². The first-order chi connectivity index (χ1) is 12.6. The molecule has 1 fully saturated rings.